The van der Waals surface area contributed by atoms with Gasteiger partial charge in [0, 0.05) is 19.7 Å². The van der Waals surface area contributed by atoms with Crippen LogP contribution in [0.25, 0.3) is 0 Å². The SMILES string of the molecule is O=C(CC1CCCCO1)N1CC[C@@H](O)C1. The van der Waals surface area contributed by atoms with E-state index in [2.05, 4.69) is 0 Å². The van der Waals surface area contributed by atoms with Gasteiger partial charge in [-0.3, -0.25) is 4.79 Å². The Labute approximate surface area is 90.2 Å². The Balaban J connectivity index is 1.76. The van der Waals surface area contributed by atoms with Crippen molar-refractivity contribution in [1.29, 1.82) is 0 Å². The largest absolute Gasteiger partial charge is 0.391 e. The third-order valence-corrected chi connectivity index (χ3v) is 3.19. The lowest BCUT2D eigenvalue weighted by Gasteiger charge is -2.24. The molecule has 0 spiro atoms. The lowest BCUT2D eigenvalue weighted by atomic mass is 10.1. The Hall–Kier alpha value is -0.610. The summed E-state index contributed by atoms with van der Waals surface area (Å²) in [6.45, 7) is 2.00. The van der Waals surface area contributed by atoms with Gasteiger partial charge < -0.3 is 14.7 Å². The van der Waals surface area contributed by atoms with E-state index in [4.69, 9.17) is 4.74 Å². The predicted molar refractivity (Wildman–Crippen MR) is 55.4 cm³/mol. The smallest absolute Gasteiger partial charge is 0.225 e. The van der Waals surface area contributed by atoms with E-state index in [1.54, 1.807) is 4.90 Å². The van der Waals surface area contributed by atoms with Gasteiger partial charge >= 0.3 is 0 Å². The Kier molecular flexibility index (Phi) is 3.59. The minimum atomic E-state index is -0.318. The van der Waals surface area contributed by atoms with E-state index >= 15 is 0 Å². The lowest BCUT2D eigenvalue weighted by Crippen LogP contribution is -2.33. The van der Waals surface area contributed by atoms with E-state index in [1.807, 2.05) is 0 Å². The first-order valence-corrected chi connectivity index (χ1v) is 5.83. The molecule has 2 heterocycles. The number of amides is 1. The van der Waals surface area contributed by atoms with Crippen LogP contribution >= 0.6 is 0 Å². The second kappa shape index (κ2) is 4.94. The van der Waals surface area contributed by atoms with Crippen LogP contribution in [-0.2, 0) is 9.53 Å². The highest BCUT2D eigenvalue weighted by molar-refractivity contribution is 5.77. The summed E-state index contributed by atoms with van der Waals surface area (Å²) in [6.07, 6.45) is 4.30. The number of hydrogen-bond donors (Lipinski definition) is 1. The minimum Gasteiger partial charge on any atom is -0.391 e. The van der Waals surface area contributed by atoms with Crippen molar-refractivity contribution >= 4 is 5.91 Å². The number of carbonyl (C=O) groups excluding carboxylic acids is 1. The maximum atomic E-state index is 11.8. The molecule has 1 amide bonds. The molecule has 0 aromatic rings. The van der Waals surface area contributed by atoms with E-state index < -0.39 is 0 Å². The summed E-state index contributed by atoms with van der Waals surface area (Å²) in [4.78, 5) is 13.5. The van der Waals surface area contributed by atoms with Gasteiger partial charge in [-0.25, -0.2) is 0 Å². The van der Waals surface area contributed by atoms with Crippen molar-refractivity contribution in [3.63, 3.8) is 0 Å². The molecule has 0 aromatic heterocycles. The zero-order valence-corrected chi connectivity index (χ0v) is 9.02. The number of ether oxygens (including phenoxy) is 1. The van der Waals surface area contributed by atoms with Crippen molar-refractivity contribution in [1.82, 2.24) is 4.90 Å². The van der Waals surface area contributed by atoms with Crippen molar-refractivity contribution in [3.05, 3.63) is 0 Å². The zero-order valence-electron chi connectivity index (χ0n) is 9.02. The molecule has 0 bridgehead atoms. The molecule has 15 heavy (non-hydrogen) atoms. The van der Waals surface area contributed by atoms with Crippen LogP contribution < -0.4 is 0 Å². The van der Waals surface area contributed by atoms with E-state index in [1.165, 1.54) is 6.42 Å². The van der Waals surface area contributed by atoms with Crippen LogP contribution in [0.1, 0.15) is 32.1 Å². The molecule has 0 radical (unpaired) electrons. The molecule has 2 saturated heterocycles. The van der Waals surface area contributed by atoms with Gasteiger partial charge in [-0.05, 0) is 25.7 Å². The van der Waals surface area contributed by atoms with Gasteiger partial charge in [0.05, 0.1) is 18.6 Å². The van der Waals surface area contributed by atoms with Crippen molar-refractivity contribution < 1.29 is 14.6 Å². The fraction of sp³-hybridized carbons (Fsp3) is 0.909. The predicted octanol–water partition coefficient (Wildman–Crippen LogP) is 0.539. The maximum Gasteiger partial charge on any atom is 0.225 e. The molecule has 0 saturated carbocycles. The van der Waals surface area contributed by atoms with E-state index in [9.17, 15) is 9.90 Å². The fourth-order valence-corrected chi connectivity index (χ4v) is 2.26. The fourth-order valence-electron chi connectivity index (χ4n) is 2.26. The topological polar surface area (TPSA) is 49.8 Å². The zero-order chi connectivity index (χ0) is 10.7. The quantitative estimate of drug-likeness (QED) is 0.728. The summed E-state index contributed by atoms with van der Waals surface area (Å²) in [7, 11) is 0. The second-order valence-corrected chi connectivity index (χ2v) is 4.47. The lowest BCUT2D eigenvalue weighted by molar-refractivity contribution is -0.134. The number of carbonyl (C=O) groups is 1. The highest BCUT2D eigenvalue weighted by Gasteiger charge is 2.27. The molecule has 2 atom stereocenters. The van der Waals surface area contributed by atoms with Gasteiger partial charge in [-0.15, -0.1) is 0 Å². The molecular formula is C11H19NO3. The molecular weight excluding hydrogens is 194 g/mol. The third-order valence-electron chi connectivity index (χ3n) is 3.19. The molecule has 4 heteroatoms. The number of nitrogens with zero attached hydrogens (tertiary/aromatic N) is 1. The first kappa shape index (κ1) is 10.9. The average Bonchev–Trinajstić information content (AvgIpc) is 2.66. The van der Waals surface area contributed by atoms with Gasteiger partial charge in [0.15, 0.2) is 0 Å². The maximum absolute atomic E-state index is 11.8. The molecule has 2 aliphatic rings. The van der Waals surface area contributed by atoms with Gasteiger partial charge in [0.25, 0.3) is 0 Å². The van der Waals surface area contributed by atoms with E-state index in [0.717, 1.165) is 25.9 Å². The van der Waals surface area contributed by atoms with Crippen LogP contribution in [0.2, 0.25) is 0 Å². The van der Waals surface area contributed by atoms with Crippen molar-refractivity contribution in [3.8, 4) is 0 Å². The number of β-amino-alcohol motifs (C(OH)–C–C–N with tert-alkyl or cyclic N) is 1. The number of aliphatic hydroxyl groups excluding tert-OH is 1. The Morgan fingerprint density at radius 3 is 2.87 bits per heavy atom. The third kappa shape index (κ3) is 2.92. The molecule has 0 aromatic carbocycles. The van der Waals surface area contributed by atoms with E-state index in [-0.39, 0.29) is 18.1 Å². The standard InChI is InChI=1S/C11H19NO3/c13-9-4-5-12(8-9)11(14)7-10-3-1-2-6-15-10/h9-10,13H,1-8H2/t9-,10?/m1/s1. The first-order chi connectivity index (χ1) is 7.25. The van der Waals surface area contributed by atoms with Gasteiger partial charge in [0.2, 0.25) is 5.91 Å². The van der Waals surface area contributed by atoms with Gasteiger partial charge in [0.1, 0.15) is 0 Å². The summed E-state index contributed by atoms with van der Waals surface area (Å²) < 4.78 is 5.52. The summed E-state index contributed by atoms with van der Waals surface area (Å²) in [5.41, 5.74) is 0. The summed E-state index contributed by atoms with van der Waals surface area (Å²) in [5.74, 6) is 0.137. The molecule has 2 fully saturated rings. The Morgan fingerprint density at radius 1 is 1.40 bits per heavy atom. The number of hydrogen-bond acceptors (Lipinski definition) is 3. The van der Waals surface area contributed by atoms with Crippen LogP contribution in [0.3, 0.4) is 0 Å². The highest BCUT2D eigenvalue weighted by atomic mass is 16.5. The molecule has 4 nitrogen and oxygen atoms in total. The van der Waals surface area contributed by atoms with Gasteiger partial charge in [-0.1, -0.05) is 0 Å². The Morgan fingerprint density at radius 2 is 2.27 bits per heavy atom. The molecule has 1 unspecified atom stereocenters. The first-order valence-electron chi connectivity index (χ1n) is 5.83. The van der Waals surface area contributed by atoms with Crippen LogP contribution in [0.15, 0.2) is 0 Å². The number of likely N-dealkylation sites (tertiary alicyclic amines) is 1. The monoisotopic (exact) mass is 213 g/mol. The van der Waals surface area contributed by atoms with Gasteiger partial charge in [-0.2, -0.15) is 0 Å². The Bertz CT molecular complexity index is 226. The molecule has 1 N–H and O–H groups in total. The summed E-state index contributed by atoms with van der Waals surface area (Å²) >= 11 is 0. The van der Waals surface area contributed by atoms with Crippen molar-refractivity contribution in [2.24, 2.45) is 0 Å². The van der Waals surface area contributed by atoms with Crippen LogP contribution in [-0.4, -0.2) is 47.8 Å². The number of aliphatic hydroxyl groups is 1. The molecule has 2 aliphatic heterocycles. The summed E-state index contributed by atoms with van der Waals surface area (Å²) in [5, 5.41) is 9.33. The van der Waals surface area contributed by atoms with Crippen LogP contribution in [0.4, 0.5) is 0 Å². The van der Waals surface area contributed by atoms with Crippen molar-refractivity contribution in [2.45, 2.75) is 44.3 Å². The van der Waals surface area contributed by atoms with Crippen LogP contribution in [0, 0.1) is 0 Å². The average molecular weight is 213 g/mol. The van der Waals surface area contributed by atoms with Crippen LogP contribution in [0.5, 0.6) is 0 Å². The van der Waals surface area contributed by atoms with E-state index in [0.29, 0.717) is 19.5 Å². The summed E-state index contributed by atoms with van der Waals surface area (Å²) in [6, 6.07) is 0. The second-order valence-electron chi connectivity index (χ2n) is 4.47. The normalized spacial score (nSPS) is 31.9. The minimum absolute atomic E-state index is 0.115. The highest BCUT2D eigenvalue weighted by Crippen LogP contribution is 2.18. The molecule has 86 valence electrons. The molecule has 2 rings (SSSR count). The van der Waals surface area contributed by atoms with Crippen molar-refractivity contribution in [2.75, 3.05) is 19.7 Å². The number of rotatable bonds is 2. The molecule has 0 aliphatic carbocycles.